The molecule has 1 fully saturated rings. The van der Waals surface area contributed by atoms with Gasteiger partial charge in [-0.15, -0.1) is 0 Å². The molecule has 16 heavy (non-hydrogen) atoms. The molecule has 0 aromatic heterocycles. The minimum atomic E-state index is 0.0662. The van der Waals surface area contributed by atoms with Gasteiger partial charge < -0.3 is 4.79 Å². The topological polar surface area (TPSA) is 17.1 Å². The maximum atomic E-state index is 14.0. The highest BCUT2D eigenvalue weighted by molar-refractivity contribution is 5.55. The van der Waals surface area contributed by atoms with E-state index in [1.165, 1.54) is 0 Å². The lowest BCUT2D eigenvalue weighted by molar-refractivity contribution is -0.108. The molecule has 0 radical (unpaired) electrons. The van der Waals surface area contributed by atoms with Gasteiger partial charge in [-0.2, -0.15) is 0 Å². The Kier molecular flexibility index (Phi) is 2.31. The number of halogens is 1. The summed E-state index contributed by atoms with van der Waals surface area (Å²) in [5.74, 6) is 0.920. The predicted octanol–water partition coefficient (Wildman–Crippen LogP) is 3.34. The van der Waals surface area contributed by atoms with Gasteiger partial charge >= 0.3 is 0 Å². The molecule has 1 saturated carbocycles. The lowest BCUT2D eigenvalue weighted by Gasteiger charge is -2.16. The molecule has 0 aromatic carbocycles. The van der Waals surface area contributed by atoms with Crippen molar-refractivity contribution < 1.29 is 9.18 Å². The molecule has 0 N–H and O–H groups in total. The van der Waals surface area contributed by atoms with E-state index in [1.54, 1.807) is 0 Å². The molecule has 1 nitrogen and oxygen atoms in total. The first kappa shape index (κ1) is 10.0. The zero-order valence-corrected chi connectivity index (χ0v) is 9.16. The standard InChI is InChI=1S/C14H15FO/c15-14-12(5-4-10-8-13(10)14)11-3-1-2-9(11)6-7-16/h3-5,7,9-10,13H,1-2,6,8H2. The second kappa shape index (κ2) is 3.69. The molecule has 0 aromatic rings. The Morgan fingerprint density at radius 3 is 3.19 bits per heavy atom. The fraction of sp³-hybridized carbons (Fsp3) is 0.500. The van der Waals surface area contributed by atoms with Gasteiger partial charge in [0.25, 0.3) is 0 Å². The van der Waals surface area contributed by atoms with Crippen LogP contribution in [-0.2, 0) is 4.79 Å². The lowest BCUT2D eigenvalue weighted by atomic mass is 9.89. The van der Waals surface area contributed by atoms with E-state index < -0.39 is 0 Å². The van der Waals surface area contributed by atoms with Crippen LogP contribution >= 0.6 is 0 Å². The van der Waals surface area contributed by atoms with E-state index in [4.69, 9.17) is 0 Å². The van der Waals surface area contributed by atoms with Crippen LogP contribution in [0, 0.1) is 17.8 Å². The number of hydrogen-bond acceptors (Lipinski definition) is 1. The molecule has 3 atom stereocenters. The number of fused-ring (bicyclic) bond motifs is 1. The van der Waals surface area contributed by atoms with E-state index in [9.17, 15) is 9.18 Å². The Labute approximate surface area is 94.7 Å². The summed E-state index contributed by atoms with van der Waals surface area (Å²) in [6.45, 7) is 0. The molecule has 0 spiro atoms. The number of hydrogen-bond donors (Lipinski definition) is 0. The van der Waals surface area contributed by atoms with E-state index in [1.807, 2.05) is 6.08 Å². The zero-order valence-electron chi connectivity index (χ0n) is 9.16. The Morgan fingerprint density at radius 2 is 2.38 bits per heavy atom. The van der Waals surface area contributed by atoms with Crippen molar-refractivity contribution in [1.82, 2.24) is 0 Å². The fourth-order valence-electron chi connectivity index (χ4n) is 2.91. The molecule has 0 bridgehead atoms. The van der Waals surface area contributed by atoms with Crippen molar-refractivity contribution in [3.05, 3.63) is 35.2 Å². The van der Waals surface area contributed by atoms with Gasteiger partial charge in [-0.25, -0.2) is 4.39 Å². The van der Waals surface area contributed by atoms with Crippen LogP contribution in [0.3, 0.4) is 0 Å². The summed E-state index contributed by atoms with van der Waals surface area (Å²) < 4.78 is 14.0. The Balaban J connectivity index is 1.89. The highest BCUT2D eigenvalue weighted by Crippen LogP contribution is 2.52. The maximum absolute atomic E-state index is 14.0. The van der Waals surface area contributed by atoms with Gasteiger partial charge in [0, 0.05) is 17.9 Å². The molecule has 0 saturated heterocycles. The first-order valence-electron chi connectivity index (χ1n) is 6.03. The van der Waals surface area contributed by atoms with E-state index >= 15 is 0 Å². The van der Waals surface area contributed by atoms with Gasteiger partial charge in [-0.05, 0) is 36.7 Å². The molecule has 2 heteroatoms. The second-order valence-corrected chi connectivity index (χ2v) is 4.96. The Hall–Kier alpha value is -1.18. The van der Waals surface area contributed by atoms with E-state index in [0.717, 1.165) is 36.7 Å². The minimum absolute atomic E-state index is 0.0662. The Bertz CT molecular complexity index is 416. The van der Waals surface area contributed by atoms with Crippen molar-refractivity contribution in [3.8, 4) is 0 Å². The van der Waals surface area contributed by atoms with Gasteiger partial charge in [0.1, 0.15) is 12.1 Å². The zero-order chi connectivity index (χ0) is 11.1. The van der Waals surface area contributed by atoms with Crippen molar-refractivity contribution in [2.75, 3.05) is 0 Å². The molecular formula is C14H15FO. The van der Waals surface area contributed by atoms with Crippen LogP contribution < -0.4 is 0 Å². The molecule has 0 amide bonds. The third kappa shape index (κ3) is 1.48. The third-order valence-electron chi connectivity index (χ3n) is 3.94. The smallest absolute Gasteiger partial charge is 0.120 e. The number of rotatable bonds is 3. The van der Waals surface area contributed by atoms with Gasteiger partial charge in [0.15, 0.2) is 0 Å². The van der Waals surface area contributed by atoms with Gasteiger partial charge in [0.2, 0.25) is 0 Å². The largest absolute Gasteiger partial charge is 0.303 e. The summed E-state index contributed by atoms with van der Waals surface area (Å²) in [5.41, 5.74) is 1.86. The minimum Gasteiger partial charge on any atom is -0.303 e. The molecule has 0 heterocycles. The van der Waals surface area contributed by atoms with Crippen LogP contribution in [0.15, 0.2) is 35.2 Å². The average molecular weight is 218 g/mol. The first-order chi connectivity index (χ1) is 7.81. The van der Waals surface area contributed by atoms with Crippen LogP contribution in [0.4, 0.5) is 4.39 Å². The van der Waals surface area contributed by atoms with Crippen molar-refractivity contribution in [2.45, 2.75) is 25.7 Å². The van der Waals surface area contributed by atoms with E-state index in [0.29, 0.717) is 12.3 Å². The SMILES string of the molecule is O=CCC1CCC=C1C1=C(F)C2CC2C=C1. The van der Waals surface area contributed by atoms with E-state index in [-0.39, 0.29) is 17.7 Å². The fourth-order valence-corrected chi connectivity index (χ4v) is 2.91. The number of aldehydes is 1. The van der Waals surface area contributed by atoms with Crippen molar-refractivity contribution >= 4 is 6.29 Å². The number of allylic oxidation sites excluding steroid dienone is 6. The van der Waals surface area contributed by atoms with Gasteiger partial charge in [-0.1, -0.05) is 18.2 Å². The number of carbonyl (C=O) groups excluding carboxylic acids is 1. The maximum Gasteiger partial charge on any atom is 0.120 e. The molecule has 3 unspecified atom stereocenters. The predicted molar refractivity (Wildman–Crippen MR) is 60.4 cm³/mol. The molecule has 3 aliphatic carbocycles. The normalized spacial score (nSPS) is 36.1. The highest BCUT2D eigenvalue weighted by Gasteiger charge is 2.43. The molecule has 84 valence electrons. The molecule has 3 aliphatic rings. The van der Waals surface area contributed by atoms with Crippen LogP contribution in [0.5, 0.6) is 0 Å². The summed E-state index contributed by atoms with van der Waals surface area (Å²) >= 11 is 0. The van der Waals surface area contributed by atoms with Crippen LogP contribution in [0.1, 0.15) is 25.7 Å². The van der Waals surface area contributed by atoms with Crippen LogP contribution in [-0.4, -0.2) is 6.29 Å². The van der Waals surface area contributed by atoms with Crippen molar-refractivity contribution in [3.63, 3.8) is 0 Å². The lowest BCUT2D eigenvalue weighted by Crippen LogP contribution is -2.05. The van der Waals surface area contributed by atoms with Crippen molar-refractivity contribution in [1.29, 1.82) is 0 Å². The second-order valence-electron chi connectivity index (χ2n) is 4.96. The summed E-state index contributed by atoms with van der Waals surface area (Å²) in [5, 5.41) is 0. The summed E-state index contributed by atoms with van der Waals surface area (Å²) in [4.78, 5) is 10.6. The van der Waals surface area contributed by atoms with Crippen LogP contribution in [0.2, 0.25) is 0 Å². The first-order valence-corrected chi connectivity index (χ1v) is 6.03. The monoisotopic (exact) mass is 218 g/mol. The summed E-state index contributed by atoms with van der Waals surface area (Å²) in [7, 11) is 0. The van der Waals surface area contributed by atoms with Crippen molar-refractivity contribution in [2.24, 2.45) is 17.8 Å². The third-order valence-corrected chi connectivity index (χ3v) is 3.94. The van der Waals surface area contributed by atoms with Gasteiger partial charge in [0.05, 0.1) is 0 Å². The quantitative estimate of drug-likeness (QED) is 0.664. The molecule has 3 rings (SSSR count). The van der Waals surface area contributed by atoms with E-state index in [2.05, 4.69) is 12.2 Å². The number of carbonyl (C=O) groups is 1. The Morgan fingerprint density at radius 1 is 1.50 bits per heavy atom. The highest BCUT2D eigenvalue weighted by atomic mass is 19.1. The average Bonchev–Trinajstić information content (AvgIpc) is 2.94. The van der Waals surface area contributed by atoms with Crippen LogP contribution in [0.25, 0.3) is 0 Å². The summed E-state index contributed by atoms with van der Waals surface area (Å²) in [6.07, 6.45) is 10.6. The molecule has 0 aliphatic heterocycles. The summed E-state index contributed by atoms with van der Waals surface area (Å²) in [6, 6.07) is 0. The molecular weight excluding hydrogens is 203 g/mol. The van der Waals surface area contributed by atoms with Gasteiger partial charge in [-0.3, -0.25) is 0 Å².